The van der Waals surface area contributed by atoms with Crippen molar-refractivity contribution in [1.29, 1.82) is 0 Å². The van der Waals surface area contributed by atoms with E-state index in [1.165, 1.54) is 0 Å². The van der Waals surface area contributed by atoms with Gasteiger partial charge in [-0.2, -0.15) is 0 Å². The van der Waals surface area contributed by atoms with Crippen molar-refractivity contribution in [2.24, 2.45) is 0 Å². The van der Waals surface area contributed by atoms with Crippen molar-refractivity contribution in [3.63, 3.8) is 0 Å². The first-order valence-electron chi connectivity index (χ1n) is 7.87. The van der Waals surface area contributed by atoms with E-state index >= 15 is 0 Å². The van der Waals surface area contributed by atoms with Crippen LogP contribution in [0.5, 0.6) is 5.88 Å². The molecule has 1 heterocycles. The van der Waals surface area contributed by atoms with E-state index in [0.717, 1.165) is 14.7 Å². The number of pyridine rings is 1. The Hall–Kier alpha value is -2.41. The first kappa shape index (κ1) is 17.4. The third-order valence-corrected chi connectivity index (χ3v) is 4.54. The van der Waals surface area contributed by atoms with Crippen LogP contribution in [-0.2, 0) is 13.2 Å². The molecule has 126 valence electrons. The summed E-state index contributed by atoms with van der Waals surface area (Å²) < 4.78 is 6.65. The number of hydrogen-bond acceptors (Lipinski definition) is 3. The van der Waals surface area contributed by atoms with Gasteiger partial charge in [-0.3, -0.25) is 4.79 Å². The van der Waals surface area contributed by atoms with Gasteiger partial charge in [-0.05, 0) is 51.9 Å². The number of rotatable bonds is 6. The Bertz CT molecular complexity index is 853. The van der Waals surface area contributed by atoms with E-state index < -0.39 is 0 Å². The van der Waals surface area contributed by atoms with Gasteiger partial charge < -0.3 is 10.1 Å². The molecular formula is C20H17IN2O2. The van der Waals surface area contributed by atoms with Crippen molar-refractivity contribution in [2.45, 2.75) is 13.2 Å². The minimum atomic E-state index is -0.0893. The molecule has 3 rings (SSSR count). The lowest BCUT2D eigenvalue weighted by atomic mass is 10.2. The molecule has 0 aliphatic rings. The van der Waals surface area contributed by atoms with Crippen LogP contribution >= 0.6 is 22.6 Å². The second-order valence-corrected chi connectivity index (χ2v) is 6.60. The number of amides is 1. The summed E-state index contributed by atoms with van der Waals surface area (Å²) in [4.78, 5) is 16.5. The molecule has 0 saturated carbocycles. The summed E-state index contributed by atoms with van der Waals surface area (Å²) in [5, 5.41) is 2.93. The van der Waals surface area contributed by atoms with Crippen LogP contribution in [0.1, 0.15) is 21.5 Å². The summed E-state index contributed by atoms with van der Waals surface area (Å²) in [5.41, 5.74) is 2.71. The molecule has 1 amide bonds. The molecule has 0 atom stereocenters. The SMILES string of the molecule is O=C(NCc1ccnc(OCc2ccccc2)c1)c1ccccc1I. The highest BCUT2D eigenvalue weighted by atomic mass is 127. The van der Waals surface area contributed by atoms with E-state index in [1.807, 2.05) is 66.7 Å². The Balaban J connectivity index is 1.58. The van der Waals surface area contributed by atoms with Gasteiger partial charge in [0, 0.05) is 22.4 Å². The lowest BCUT2D eigenvalue weighted by molar-refractivity contribution is 0.0950. The second-order valence-electron chi connectivity index (χ2n) is 5.44. The molecule has 25 heavy (non-hydrogen) atoms. The summed E-state index contributed by atoms with van der Waals surface area (Å²) >= 11 is 2.16. The third kappa shape index (κ3) is 5.03. The normalized spacial score (nSPS) is 10.3. The number of carbonyl (C=O) groups is 1. The van der Waals surface area contributed by atoms with E-state index in [-0.39, 0.29) is 5.91 Å². The van der Waals surface area contributed by atoms with Crippen molar-refractivity contribution in [2.75, 3.05) is 0 Å². The van der Waals surface area contributed by atoms with Crippen molar-refractivity contribution < 1.29 is 9.53 Å². The predicted molar refractivity (Wildman–Crippen MR) is 105 cm³/mol. The van der Waals surface area contributed by atoms with Crippen LogP contribution < -0.4 is 10.1 Å². The van der Waals surface area contributed by atoms with Crippen molar-refractivity contribution in [1.82, 2.24) is 10.3 Å². The topological polar surface area (TPSA) is 51.2 Å². The monoisotopic (exact) mass is 444 g/mol. The fraction of sp³-hybridized carbons (Fsp3) is 0.100. The summed E-state index contributed by atoms with van der Waals surface area (Å²) in [5.74, 6) is 0.457. The van der Waals surface area contributed by atoms with Gasteiger partial charge in [0.05, 0.1) is 5.56 Å². The number of ether oxygens (including phenoxy) is 1. The van der Waals surface area contributed by atoms with Gasteiger partial charge in [0.25, 0.3) is 5.91 Å². The third-order valence-electron chi connectivity index (χ3n) is 3.60. The zero-order valence-corrected chi connectivity index (χ0v) is 15.6. The maximum Gasteiger partial charge on any atom is 0.252 e. The fourth-order valence-corrected chi connectivity index (χ4v) is 2.93. The zero-order valence-electron chi connectivity index (χ0n) is 13.5. The van der Waals surface area contributed by atoms with Crippen LogP contribution in [-0.4, -0.2) is 10.9 Å². The summed E-state index contributed by atoms with van der Waals surface area (Å²) in [6.07, 6.45) is 1.69. The van der Waals surface area contributed by atoms with Crippen LogP contribution in [0, 0.1) is 3.57 Å². The van der Waals surface area contributed by atoms with Gasteiger partial charge >= 0.3 is 0 Å². The molecule has 0 saturated heterocycles. The molecule has 0 spiro atoms. The number of halogens is 1. The quantitative estimate of drug-likeness (QED) is 0.581. The van der Waals surface area contributed by atoms with Crippen LogP contribution in [0.4, 0.5) is 0 Å². The summed E-state index contributed by atoms with van der Waals surface area (Å²) in [6.45, 7) is 0.889. The van der Waals surface area contributed by atoms with Crippen LogP contribution in [0.25, 0.3) is 0 Å². The first-order chi connectivity index (χ1) is 12.2. The minimum Gasteiger partial charge on any atom is -0.473 e. The molecule has 2 aromatic carbocycles. The summed E-state index contributed by atoms with van der Waals surface area (Å²) in [7, 11) is 0. The van der Waals surface area contributed by atoms with Crippen molar-refractivity contribution in [3.05, 3.63) is 93.2 Å². The molecule has 3 aromatic rings. The van der Waals surface area contributed by atoms with E-state index in [4.69, 9.17) is 4.74 Å². The fourth-order valence-electron chi connectivity index (χ4n) is 2.29. The Morgan fingerprint density at radius 3 is 2.56 bits per heavy atom. The average molecular weight is 444 g/mol. The minimum absolute atomic E-state index is 0.0893. The van der Waals surface area contributed by atoms with Gasteiger partial charge in [-0.15, -0.1) is 0 Å². The highest BCUT2D eigenvalue weighted by Gasteiger charge is 2.09. The molecule has 5 heteroatoms. The number of hydrogen-bond donors (Lipinski definition) is 1. The first-order valence-corrected chi connectivity index (χ1v) is 8.94. The molecule has 4 nitrogen and oxygen atoms in total. The zero-order chi connectivity index (χ0) is 17.5. The molecule has 0 unspecified atom stereocenters. The van der Waals surface area contributed by atoms with Crippen molar-refractivity contribution >= 4 is 28.5 Å². The Morgan fingerprint density at radius 1 is 1.00 bits per heavy atom. The Kier molecular flexibility index (Phi) is 6.00. The van der Waals surface area contributed by atoms with E-state index in [9.17, 15) is 4.79 Å². The molecule has 0 fully saturated rings. The molecule has 0 radical (unpaired) electrons. The van der Waals surface area contributed by atoms with Gasteiger partial charge in [-0.1, -0.05) is 42.5 Å². The van der Waals surface area contributed by atoms with E-state index in [1.54, 1.807) is 6.20 Å². The number of benzene rings is 2. The molecule has 1 aromatic heterocycles. The summed E-state index contributed by atoms with van der Waals surface area (Å²) in [6, 6.07) is 21.2. The second kappa shape index (κ2) is 8.62. The van der Waals surface area contributed by atoms with Crippen LogP contribution in [0.3, 0.4) is 0 Å². The lowest BCUT2D eigenvalue weighted by Gasteiger charge is -2.09. The molecular weight excluding hydrogens is 427 g/mol. The number of nitrogens with zero attached hydrogens (tertiary/aromatic N) is 1. The Morgan fingerprint density at radius 2 is 1.76 bits per heavy atom. The lowest BCUT2D eigenvalue weighted by Crippen LogP contribution is -2.23. The van der Waals surface area contributed by atoms with Gasteiger partial charge in [0.15, 0.2) is 0 Å². The van der Waals surface area contributed by atoms with Crippen molar-refractivity contribution in [3.8, 4) is 5.88 Å². The van der Waals surface area contributed by atoms with Crippen LogP contribution in [0.15, 0.2) is 72.9 Å². The molecule has 1 N–H and O–H groups in total. The maximum atomic E-state index is 12.3. The molecule has 0 aliphatic carbocycles. The molecule has 0 bridgehead atoms. The number of nitrogens with one attached hydrogen (secondary N) is 1. The Labute approximate surface area is 160 Å². The van der Waals surface area contributed by atoms with Gasteiger partial charge in [0.2, 0.25) is 5.88 Å². The van der Waals surface area contributed by atoms with Gasteiger partial charge in [-0.25, -0.2) is 4.98 Å². The molecule has 0 aliphatic heterocycles. The standard InChI is InChI=1S/C20H17IN2O2/c21-18-9-5-4-8-17(18)20(24)23-13-16-10-11-22-19(12-16)25-14-15-6-2-1-3-7-15/h1-12H,13-14H2,(H,23,24). The maximum absolute atomic E-state index is 12.3. The van der Waals surface area contributed by atoms with E-state index in [2.05, 4.69) is 32.9 Å². The predicted octanol–water partition coefficient (Wildman–Crippen LogP) is 4.20. The van der Waals surface area contributed by atoms with Crippen LogP contribution in [0.2, 0.25) is 0 Å². The highest BCUT2D eigenvalue weighted by Crippen LogP contribution is 2.13. The number of carbonyl (C=O) groups excluding carboxylic acids is 1. The smallest absolute Gasteiger partial charge is 0.252 e. The highest BCUT2D eigenvalue weighted by molar-refractivity contribution is 14.1. The van der Waals surface area contributed by atoms with E-state index in [0.29, 0.717) is 24.6 Å². The largest absolute Gasteiger partial charge is 0.473 e. The average Bonchev–Trinajstić information content (AvgIpc) is 2.66. The number of aromatic nitrogens is 1. The van der Waals surface area contributed by atoms with Gasteiger partial charge in [0.1, 0.15) is 6.61 Å².